The Morgan fingerprint density at radius 1 is 0.594 bits per heavy atom. The van der Waals surface area contributed by atoms with Crippen molar-refractivity contribution >= 4 is 58.9 Å². The van der Waals surface area contributed by atoms with Crippen molar-refractivity contribution in [2.45, 2.75) is 61.4 Å². The second kappa shape index (κ2) is 22.2. The maximum Gasteiger partial charge on any atom is 0.291 e. The molecule has 364 valence electrons. The molecule has 2 fully saturated rings. The van der Waals surface area contributed by atoms with Crippen molar-refractivity contribution < 1.29 is 29.0 Å². The molecule has 2 unspecified atom stereocenters. The van der Waals surface area contributed by atoms with Crippen LogP contribution in [0.25, 0.3) is 34.4 Å². The average molecular weight is 959 g/mol. The van der Waals surface area contributed by atoms with Gasteiger partial charge in [-0.2, -0.15) is 0 Å². The summed E-state index contributed by atoms with van der Waals surface area (Å²) in [4.78, 5) is 89.9. The van der Waals surface area contributed by atoms with E-state index < -0.39 is 21.9 Å². The van der Waals surface area contributed by atoms with E-state index in [0.29, 0.717) is 48.4 Å². The SMILES string of the molecule is CC(C)c1ccccc1-c1c(C=CC(=O)N2CCN(C)C(C(=O)N(C)C)C2)ccc(Sc2ccc(C=CC(=O)N3CCN(C)C(C(=O)N(C)C)C3)c(-c3ccccc3C(C)C)c2[N+](=O)[O-])c1[N+](=O)[O-]. The Labute approximate surface area is 408 Å². The summed E-state index contributed by atoms with van der Waals surface area (Å²) in [5, 5.41) is 27.1. The monoisotopic (exact) mass is 958 g/mol. The number of hydrogen-bond acceptors (Lipinski definition) is 11. The van der Waals surface area contributed by atoms with Crippen LogP contribution in [0.5, 0.6) is 0 Å². The number of carbonyl (C=O) groups is 4. The molecule has 2 aliphatic rings. The number of likely N-dealkylation sites (N-methyl/N-ethyl adjacent to an activating group) is 4. The van der Waals surface area contributed by atoms with Crippen LogP contribution in [0, 0.1) is 20.2 Å². The standard InChI is InChI=1S/C52H62N8O8S/c1-33(2)37-15-11-13-17-39(37)47-35(21-25-45(61)57-29-27-55(9)41(31-57)51(63)53(5)6)19-23-43(49(47)59(65)66)69-44-24-20-36(48(50(44)60(67)68)40-18-14-12-16-38(40)34(3)4)22-26-46(62)58-30-28-56(10)42(32-58)52(64)54(7)8/h11-26,33-34,41-42H,27-32H2,1-10H3. The Bertz CT molecular complexity index is 2520. The Morgan fingerprint density at radius 3 is 1.29 bits per heavy atom. The number of nitro groups is 2. The zero-order chi connectivity index (χ0) is 50.4. The first kappa shape index (κ1) is 51.7. The number of benzene rings is 4. The number of nitrogens with zero attached hydrogens (tertiary/aromatic N) is 8. The molecule has 17 heteroatoms. The van der Waals surface area contributed by atoms with Crippen LogP contribution in [-0.2, 0) is 19.2 Å². The third-order valence-electron chi connectivity index (χ3n) is 12.8. The third kappa shape index (κ3) is 11.4. The Hall–Kier alpha value is -6.69. The fourth-order valence-corrected chi connectivity index (χ4v) is 9.99. The van der Waals surface area contributed by atoms with Gasteiger partial charge in [0, 0.05) is 79.6 Å². The molecule has 2 atom stereocenters. The number of nitro benzene ring substituents is 2. The number of piperazine rings is 2. The molecule has 0 aliphatic carbocycles. The summed E-state index contributed by atoms with van der Waals surface area (Å²) in [6, 6.07) is 20.2. The first-order valence-electron chi connectivity index (χ1n) is 23.0. The summed E-state index contributed by atoms with van der Waals surface area (Å²) in [7, 11) is 10.4. The number of rotatable bonds is 14. The van der Waals surface area contributed by atoms with E-state index in [9.17, 15) is 39.4 Å². The topological polar surface area (TPSA) is 174 Å². The smallest absolute Gasteiger partial charge is 0.291 e. The summed E-state index contributed by atoms with van der Waals surface area (Å²) < 4.78 is 0. The van der Waals surface area contributed by atoms with Crippen LogP contribution >= 0.6 is 11.8 Å². The molecule has 0 radical (unpaired) electrons. The predicted octanol–water partition coefficient (Wildman–Crippen LogP) is 7.72. The van der Waals surface area contributed by atoms with Crippen molar-refractivity contribution in [1.29, 1.82) is 0 Å². The quantitative estimate of drug-likeness (QED) is 0.0688. The van der Waals surface area contributed by atoms with Crippen LogP contribution in [0.15, 0.2) is 94.7 Å². The Kier molecular flexibility index (Phi) is 16.6. The van der Waals surface area contributed by atoms with E-state index in [0.717, 1.165) is 22.9 Å². The van der Waals surface area contributed by atoms with E-state index in [4.69, 9.17) is 0 Å². The van der Waals surface area contributed by atoms with Gasteiger partial charge in [0.2, 0.25) is 23.6 Å². The highest BCUT2D eigenvalue weighted by Crippen LogP contribution is 2.50. The van der Waals surface area contributed by atoms with Gasteiger partial charge in [0.1, 0.15) is 12.1 Å². The molecule has 4 aromatic rings. The first-order valence-corrected chi connectivity index (χ1v) is 23.8. The van der Waals surface area contributed by atoms with Gasteiger partial charge < -0.3 is 19.6 Å². The lowest BCUT2D eigenvalue weighted by Crippen LogP contribution is -2.58. The second-order valence-electron chi connectivity index (χ2n) is 18.5. The number of amides is 4. The Balaban J connectivity index is 1.48. The molecule has 0 spiro atoms. The largest absolute Gasteiger partial charge is 0.347 e. The van der Waals surface area contributed by atoms with Crippen LogP contribution in [0.1, 0.15) is 61.8 Å². The highest BCUT2D eigenvalue weighted by Gasteiger charge is 2.35. The molecule has 2 aliphatic heterocycles. The highest BCUT2D eigenvalue weighted by molar-refractivity contribution is 7.99. The minimum absolute atomic E-state index is 0.0533. The van der Waals surface area contributed by atoms with Crippen molar-refractivity contribution in [3.63, 3.8) is 0 Å². The third-order valence-corrected chi connectivity index (χ3v) is 13.9. The second-order valence-corrected chi connectivity index (χ2v) is 19.6. The molecule has 16 nitrogen and oxygen atoms in total. The van der Waals surface area contributed by atoms with Crippen molar-refractivity contribution in [1.82, 2.24) is 29.4 Å². The van der Waals surface area contributed by atoms with Crippen molar-refractivity contribution in [3.05, 3.63) is 127 Å². The van der Waals surface area contributed by atoms with Crippen LogP contribution < -0.4 is 0 Å². The maximum absolute atomic E-state index is 13.8. The van der Waals surface area contributed by atoms with Gasteiger partial charge in [-0.25, -0.2) is 0 Å². The average Bonchev–Trinajstić information content (AvgIpc) is 3.32. The molecule has 2 heterocycles. The van der Waals surface area contributed by atoms with Gasteiger partial charge in [0.05, 0.1) is 30.8 Å². The molecule has 0 N–H and O–H groups in total. The summed E-state index contributed by atoms with van der Waals surface area (Å²) in [5.41, 5.74) is 3.53. The Morgan fingerprint density at radius 2 is 0.957 bits per heavy atom. The summed E-state index contributed by atoms with van der Waals surface area (Å²) in [6.45, 7) is 10.0. The molecule has 2 saturated heterocycles. The summed E-state index contributed by atoms with van der Waals surface area (Å²) >= 11 is 0.903. The van der Waals surface area contributed by atoms with Crippen LogP contribution in [0.2, 0.25) is 0 Å². The minimum atomic E-state index is -0.524. The minimum Gasteiger partial charge on any atom is -0.347 e. The molecule has 6 rings (SSSR count). The van der Waals surface area contributed by atoms with Gasteiger partial charge in [0.15, 0.2) is 0 Å². The number of hydrogen-bond donors (Lipinski definition) is 0. The van der Waals surface area contributed by atoms with Crippen LogP contribution in [0.4, 0.5) is 11.4 Å². The van der Waals surface area contributed by atoms with Gasteiger partial charge in [0.25, 0.3) is 11.4 Å². The van der Waals surface area contributed by atoms with Crippen molar-refractivity contribution in [2.24, 2.45) is 0 Å². The van der Waals surface area contributed by atoms with Gasteiger partial charge >= 0.3 is 0 Å². The fraction of sp³-hybridized carbons (Fsp3) is 0.385. The molecule has 0 aromatic heterocycles. The molecular weight excluding hydrogens is 897 g/mol. The molecule has 0 bridgehead atoms. The van der Waals surface area contributed by atoms with E-state index in [2.05, 4.69) is 0 Å². The molecular formula is C52H62N8O8S. The van der Waals surface area contributed by atoms with E-state index in [-0.39, 0.29) is 80.8 Å². The molecule has 4 aromatic carbocycles. The lowest BCUT2D eigenvalue weighted by molar-refractivity contribution is -0.387. The highest BCUT2D eigenvalue weighted by atomic mass is 32.2. The van der Waals surface area contributed by atoms with E-state index in [1.54, 1.807) is 98.7 Å². The fourth-order valence-electron chi connectivity index (χ4n) is 8.93. The van der Waals surface area contributed by atoms with E-state index >= 15 is 0 Å². The van der Waals surface area contributed by atoms with Gasteiger partial charge in [-0.3, -0.25) is 49.2 Å². The summed E-state index contributed by atoms with van der Waals surface area (Å²) in [6.07, 6.45) is 5.88. The zero-order valence-electron chi connectivity index (χ0n) is 41.0. The zero-order valence-corrected chi connectivity index (χ0v) is 41.9. The van der Waals surface area contributed by atoms with Crippen molar-refractivity contribution in [2.75, 3.05) is 81.6 Å². The van der Waals surface area contributed by atoms with E-state index in [1.165, 1.54) is 22.0 Å². The van der Waals surface area contributed by atoms with Crippen LogP contribution in [-0.4, -0.2) is 157 Å². The van der Waals surface area contributed by atoms with Gasteiger partial charge in [-0.15, -0.1) is 0 Å². The normalized spacial score (nSPS) is 17.0. The van der Waals surface area contributed by atoms with Gasteiger partial charge in [-0.1, -0.05) is 100 Å². The van der Waals surface area contributed by atoms with E-state index in [1.807, 2.05) is 75.9 Å². The van der Waals surface area contributed by atoms with Crippen LogP contribution in [0.3, 0.4) is 0 Å². The molecule has 4 amide bonds. The lowest BCUT2D eigenvalue weighted by atomic mass is 9.89. The predicted molar refractivity (Wildman–Crippen MR) is 271 cm³/mol. The first-order chi connectivity index (χ1) is 32.7. The number of carbonyl (C=O) groups excluding carboxylic acids is 4. The summed E-state index contributed by atoms with van der Waals surface area (Å²) in [5.74, 6) is -1.05. The maximum atomic E-state index is 13.8. The van der Waals surface area contributed by atoms with Crippen molar-refractivity contribution in [3.8, 4) is 22.3 Å². The molecule has 69 heavy (non-hydrogen) atoms. The van der Waals surface area contributed by atoms with Gasteiger partial charge in [-0.05, 0) is 83.6 Å². The lowest BCUT2D eigenvalue weighted by Gasteiger charge is -2.39. The molecule has 0 saturated carbocycles.